The fraction of sp³-hybridized carbons (Fsp3) is 0.250. The number of piperidine rings is 1. The number of rotatable bonds is 7. The maximum atomic E-state index is 13.0. The van der Waals surface area contributed by atoms with Crippen molar-refractivity contribution in [3.05, 3.63) is 102 Å². The predicted octanol–water partition coefficient (Wildman–Crippen LogP) is 5.13. The van der Waals surface area contributed by atoms with Crippen LogP contribution in [0.5, 0.6) is 0 Å². The SMILES string of the molecule is O=C(/C=C/C(=O)N1CCC(c2ccc(NC(=O)c3ccoc3C(F)(F)F)cc2)CC1)NCc1ccccc1. The van der Waals surface area contributed by atoms with Crippen molar-refractivity contribution in [1.29, 1.82) is 0 Å². The predicted molar refractivity (Wildman–Crippen MR) is 134 cm³/mol. The van der Waals surface area contributed by atoms with Crippen LogP contribution in [-0.4, -0.2) is 35.7 Å². The first-order chi connectivity index (χ1) is 18.2. The average molecular weight is 526 g/mol. The van der Waals surface area contributed by atoms with E-state index in [1.807, 2.05) is 42.5 Å². The van der Waals surface area contributed by atoms with Gasteiger partial charge in [-0.1, -0.05) is 42.5 Å². The van der Waals surface area contributed by atoms with E-state index in [4.69, 9.17) is 0 Å². The molecule has 0 spiro atoms. The molecule has 2 N–H and O–H groups in total. The fourth-order valence-electron chi connectivity index (χ4n) is 4.27. The molecule has 4 rings (SSSR count). The third kappa shape index (κ3) is 6.90. The van der Waals surface area contributed by atoms with E-state index in [1.165, 1.54) is 12.2 Å². The number of carbonyl (C=O) groups excluding carboxylic acids is 3. The Balaban J connectivity index is 1.24. The van der Waals surface area contributed by atoms with E-state index in [2.05, 4.69) is 15.1 Å². The topological polar surface area (TPSA) is 91.7 Å². The van der Waals surface area contributed by atoms with E-state index in [1.54, 1.807) is 17.0 Å². The third-order valence-corrected chi connectivity index (χ3v) is 6.30. The summed E-state index contributed by atoms with van der Waals surface area (Å²) in [5.41, 5.74) is 1.74. The Labute approximate surface area is 217 Å². The Kier molecular flexibility index (Phi) is 8.30. The molecular weight excluding hydrogens is 499 g/mol. The van der Waals surface area contributed by atoms with Crippen molar-refractivity contribution in [2.75, 3.05) is 18.4 Å². The van der Waals surface area contributed by atoms with E-state index in [0.29, 0.717) is 25.3 Å². The number of furan rings is 1. The van der Waals surface area contributed by atoms with Crippen LogP contribution >= 0.6 is 0 Å². The van der Waals surface area contributed by atoms with Crippen LogP contribution in [0.4, 0.5) is 18.9 Å². The zero-order chi connectivity index (χ0) is 27.1. The number of hydrogen-bond acceptors (Lipinski definition) is 4. The second-order valence-corrected chi connectivity index (χ2v) is 8.87. The second-order valence-electron chi connectivity index (χ2n) is 8.87. The van der Waals surface area contributed by atoms with Gasteiger partial charge in [-0.25, -0.2) is 0 Å². The Bertz CT molecular complexity index is 1290. The number of nitrogens with zero attached hydrogens (tertiary/aromatic N) is 1. The Morgan fingerprint density at radius 3 is 2.29 bits per heavy atom. The molecular formula is C28H26F3N3O4. The summed E-state index contributed by atoms with van der Waals surface area (Å²) in [7, 11) is 0. The highest BCUT2D eigenvalue weighted by Gasteiger charge is 2.39. The molecule has 0 radical (unpaired) electrons. The minimum absolute atomic E-state index is 0.188. The number of benzene rings is 2. The van der Waals surface area contributed by atoms with E-state index in [-0.39, 0.29) is 17.7 Å². The number of likely N-dealkylation sites (tertiary alicyclic amines) is 1. The summed E-state index contributed by atoms with van der Waals surface area (Å²) in [6, 6.07) is 17.3. The number of amides is 3. The van der Waals surface area contributed by atoms with Gasteiger partial charge in [0.05, 0.1) is 11.8 Å². The molecule has 0 aliphatic carbocycles. The zero-order valence-corrected chi connectivity index (χ0v) is 20.3. The van der Waals surface area contributed by atoms with Gasteiger partial charge in [0.2, 0.25) is 17.6 Å². The fourth-order valence-corrected chi connectivity index (χ4v) is 4.27. The highest BCUT2D eigenvalue weighted by molar-refractivity contribution is 6.05. The molecule has 38 heavy (non-hydrogen) atoms. The Hall–Kier alpha value is -4.34. The number of carbonyl (C=O) groups is 3. The molecule has 7 nitrogen and oxygen atoms in total. The minimum Gasteiger partial charge on any atom is -0.459 e. The molecule has 1 aromatic heterocycles. The molecule has 1 saturated heterocycles. The molecule has 2 heterocycles. The molecule has 2 aromatic carbocycles. The molecule has 1 aliphatic heterocycles. The summed E-state index contributed by atoms with van der Waals surface area (Å²) in [4.78, 5) is 38.5. The number of anilines is 1. The lowest BCUT2D eigenvalue weighted by atomic mass is 9.89. The third-order valence-electron chi connectivity index (χ3n) is 6.30. The molecule has 1 aliphatic rings. The maximum Gasteiger partial charge on any atom is 0.450 e. The van der Waals surface area contributed by atoms with Gasteiger partial charge in [0.1, 0.15) is 0 Å². The smallest absolute Gasteiger partial charge is 0.450 e. The van der Waals surface area contributed by atoms with E-state index in [9.17, 15) is 27.6 Å². The van der Waals surface area contributed by atoms with Gasteiger partial charge in [0.15, 0.2) is 0 Å². The quantitative estimate of drug-likeness (QED) is 0.419. The van der Waals surface area contributed by atoms with Gasteiger partial charge in [0.25, 0.3) is 5.91 Å². The largest absolute Gasteiger partial charge is 0.459 e. The molecule has 10 heteroatoms. The number of hydrogen-bond donors (Lipinski definition) is 2. The van der Waals surface area contributed by atoms with Crippen molar-refractivity contribution in [2.24, 2.45) is 0 Å². The van der Waals surface area contributed by atoms with Crippen LogP contribution in [0.1, 0.15) is 46.0 Å². The number of halogens is 3. The lowest BCUT2D eigenvalue weighted by molar-refractivity contribution is -0.153. The highest BCUT2D eigenvalue weighted by atomic mass is 19.4. The lowest BCUT2D eigenvalue weighted by Crippen LogP contribution is -2.37. The monoisotopic (exact) mass is 525 g/mol. The summed E-state index contributed by atoms with van der Waals surface area (Å²) in [5.74, 6) is -2.63. The van der Waals surface area contributed by atoms with Gasteiger partial charge in [-0.2, -0.15) is 13.2 Å². The summed E-state index contributed by atoms with van der Waals surface area (Å²) < 4.78 is 43.3. The van der Waals surface area contributed by atoms with Gasteiger partial charge in [-0.15, -0.1) is 0 Å². The van der Waals surface area contributed by atoms with Crippen LogP contribution in [-0.2, 0) is 22.3 Å². The van der Waals surface area contributed by atoms with Crippen molar-refractivity contribution in [1.82, 2.24) is 10.2 Å². The minimum atomic E-state index is -4.76. The van der Waals surface area contributed by atoms with Gasteiger partial charge < -0.3 is 20.0 Å². The molecule has 0 unspecified atom stereocenters. The Morgan fingerprint density at radius 1 is 0.947 bits per heavy atom. The first-order valence-electron chi connectivity index (χ1n) is 12.1. The standard InChI is InChI=1S/C28H26F3N3O4/c29-28(30,31)26-23(14-17-38-26)27(37)33-22-8-6-20(7-9-22)21-12-15-34(16-13-21)25(36)11-10-24(35)32-18-19-4-2-1-3-5-19/h1-11,14,17,21H,12-13,15-16,18H2,(H,32,35)(H,33,37)/b11-10+. The van der Waals surface area contributed by atoms with Gasteiger partial charge in [-0.05, 0) is 48.1 Å². The molecule has 3 amide bonds. The average Bonchev–Trinajstić information content (AvgIpc) is 3.43. The van der Waals surface area contributed by atoms with Gasteiger partial charge in [0, 0.05) is 37.5 Å². The van der Waals surface area contributed by atoms with E-state index in [0.717, 1.165) is 36.3 Å². The van der Waals surface area contributed by atoms with Crippen LogP contribution < -0.4 is 10.6 Å². The molecule has 198 valence electrons. The van der Waals surface area contributed by atoms with Crippen LogP contribution in [0.15, 0.2) is 83.5 Å². The first-order valence-corrected chi connectivity index (χ1v) is 12.1. The lowest BCUT2D eigenvalue weighted by Gasteiger charge is -2.31. The summed E-state index contributed by atoms with van der Waals surface area (Å²) >= 11 is 0. The van der Waals surface area contributed by atoms with Crippen molar-refractivity contribution in [2.45, 2.75) is 31.5 Å². The maximum absolute atomic E-state index is 13.0. The van der Waals surface area contributed by atoms with Crippen LogP contribution in [0.2, 0.25) is 0 Å². The second kappa shape index (κ2) is 11.8. The molecule has 0 saturated carbocycles. The van der Waals surface area contributed by atoms with Crippen LogP contribution in [0.3, 0.4) is 0 Å². The van der Waals surface area contributed by atoms with Crippen molar-refractivity contribution >= 4 is 23.4 Å². The van der Waals surface area contributed by atoms with Gasteiger partial charge >= 0.3 is 6.18 Å². The first kappa shape index (κ1) is 26.7. The highest BCUT2D eigenvalue weighted by Crippen LogP contribution is 2.33. The van der Waals surface area contributed by atoms with E-state index < -0.39 is 23.4 Å². The van der Waals surface area contributed by atoms with Crippen molar-refractivity contribution in [3.63, 3.8) is 0 Å². The van der Waals surface area contributed by atoms with E-state index >= 15 is 0 Å². The summed E-state index contributed by atoms with van der Waals surface area (Å²) in [6.07, 6.45) is 0.0220. The van der Waals surface area contributed by atoms with Crippen LogP contribution in [0.25, 0.3) is 0 Å². The van der Waals surface area contributed by atoms with Crippen molar-refractivity contribution < 1.29 is 32.0 Å². The normalized spacial score (nSPS) is 14.4. The van der Waals surface area contributed by atoms with Gasteiger partial charge in [-0.3, -0.25) is 14.4 Å². The van der Waals surface area contributed by atoms with Crippen LogP contribution in [0, 0.1) is 0 Å². The molecule has 0 bridgehead atoms. The Morgan fingerprint density at radius 2 is 1.63 bits per heavy atom. The zero-order valence-electron chi connectivity index (χ0n) is 20.3. The number of nitrogens with one attached hydrogen (secondary N) is 2. The molecule has 3 aromatic rings. The van der Waals surface area contributed by atoms with Crippen molar-refractivity contribution in [3.8, 4) is 0 Å². The summed E-state index contributed by atoms with van der Waals surface area (Å²) in [6.45, 7) is 1.43. The summed E-state index contributed by atoms with van der Waals surface area (Å²) in [5, 5.41) is 5.20. The molecule has 0 atom stereocenters. The number of alkyl halides is 3. The molecule has 1 fully saturated rings.